The van der Waals surface area contributed by atoms with Crippen LogP contribution < -0.4 is 10.5 Å². The fourth-order valence-corrected chi connectivity index (χ4v) is 3.07. The predicted octanol–water partition coefficient (Wildman–Crippen LogP) is 0.134. The van der Waals surface area contributed by atoms with Crippen LogP contribution in [0.2, 0.25) is 0 Å². The summed E-state index contributed by atoms with van der Waals surface area (Å²) in [6.45, 7) is 6.80. The number of sulfonamides is 1. The van der Waals surface area contributed by atoms with Crippen LogP contribution in [-0.2, 0) is 16.6 Å². The second-order valence-corrected chi connectivity index (χ2v) is 7.23. The summed E-state index contributed by atoms with van der Waals surface area (Å²) in [6.07, 6.45) is 1.15. The zero-order valence-corrected chi connectivity index (χ0v) is 13.3. The highest BCUT2D eigenvalue weighted by molar-refractivity contribution is 7.92. The molecule has 0 bridgehead atoms. The Morgan fingerprint density at radius 2 is 1.67 bits per heavy atom. The molecule has 0 aliphatic carbocycles. The maximum absolute atomic E-state index is 11.2. The Hall–Kier alpha value is -1.15. The van der Waals surface area contributed by atoms with Gasteiger partial charge in [-0.2, -0.15) is 0 Å². The Morgan fingerprint density at radius 1 is 1.10 bits per heavy atom. The van der Waals surface area contributed by atoms with Gasteiger partial charge in [0.1, 0.15) is 0 Å². The third-order valence-electron chi connectivity index (χ3n) is 3.57. The van der Waals surface area contributed by atoms with Crippen molar-refractivity contribution in [2.24, 2.45) is 5.73 Å². The van der Waals surface area contributed by atoms with Crippen molar-refractivity contribution in [2.75, 3.05) is 50.2 Å². The van der Waals surface area contributed by atoms with Crippen LogP contribution in [0.3, 0.4) is 0 Å². The summed E-state index contributed by atoms with van der Waals surface area (Å²) in [5.41, 5.74) is 7.37. The van der Waals surface area contributed by atoms with E-state index in [0.29, 0.717) is 5.69 Å². The summed E-state index contributed by atoms with van der Waals surface area (Å²) < 4.78 is 24.8. The molecule has 7 heteroatoms. The van der Waals surface area contributed by atoms with Crippen molar-refractivity contribution >= 4 is 15.7 Å². The van der Waals surface area contributed by atoms with Crippen LogP contribution in [0.25, 0.3) is 0 Å². The molecule has 0 unspecified atom stereocenters. The number of nitrogens with one attached hydrogen (secondary N) is 1. The average molecular weight is 312 g/mol. The van der Waals surface area contributed by atoms with Gasteiger partial charge in [0.15, 0.2) is 0 Å². The summed E-state index contributed by atoms with van der Waals surface area (Å²) in [6, 6.07) is 7.56. The number of nitrogens with zero attached hydrogens (tertiary/aromatic N) is 2. The Morgan fingerprint density at radius 3 is 2.19 bits per heavy atom. The smallest absolute Gasteiger partial charge is 0.229 e. The molecular weight excluding hydrogens is 288 g/mol. The van der Waals surface area contributed by atoms with Gasteiger partial charge in [-0.05, 0) is 17.7 Å². The van der Waals surface area contributed by atoms with E-state index in [0.717, 1.165) is 52.1 Å². The largest absolute Gasteiger partial charge is 0.329 e. The van der Waals surface area contributed by atoms with Crippen molar-refractivity contribution in [1.82, 2.24) is 9.80 Å². The topological polar surface area (TPSA) is 78.7 Å². The molecule has 0 atom stereocenters. The third kappa shape index (κ3) is 5.62. The van der Waals surface area contributed by atoms with Crippen LogP contribution >= 0.6 is 0 Å². The van der Waals surface area contributed by atoms with Crippen molar-refractivity contribution in [2.45, 2.75) is 6.54 Å². The molecule has 6 nitrogen and oxygen atoms in total. The second-order valence-electron chi connectivity index (χ2n) is 5.48. The minimum Gasteiger partial charge on any atom is -0.329 e. The standard InChI is InChI=1S/C14H24N4O2S/c1-21(19,20)16-14-4-2-13(3-5-14)12-18-10-8-17(7-6-15)9-11-18/h2-5,16H,6-12,15H2,1H3. The maximum Gasteiger partial charge on any atom is 0.229 e. The molecule has 21 heavy (non-hydrogen) atoms. The molecule has 0 spiro atoms. The summed E-state index contributed by atoms with van der Waals surface area (Å²) in [4.78, 5) is 4.79. The summed E-state index contributed by atoms with van der Waals surface area (Å²) in [7, 11) is -3.21. The van der Waals surface area contributed by atoms with Crippen LogP contribution in [0.4, 0.5) is 5.69 Å². The minimum absolute atomic E-state index is 0.606. The molecule has 0 amide bonds. The van der Waals surface area contributed by atoms with Gasteiger partial charge in [0.2, 0.25) is 10.0 Å². The molecule has 2 rings (SSSR count). The maximum atomic E-state index is 11.2. The first-order valence-corrected chi connectivity index (χ1v) is 9.07. The molecule has 0 aromatic heterocycles. The molecule has 1 saturated heterocycles. The van der Waals surface area contributed by atoms with Gasteiger partial charge in [-0.15, -0.1) is 0 Å². The molecule has 1 heterocycles. The summed E-state index contributed by atoms with van der Waals surface area (Å²) in [5.74, 6) is 0. The van der Waals surface area contributed by atoms with Crippen LogP contribution in [0.1, 0.15) is 5.56 Å². The van der Waals surface area contributed by atoms with E-state index in [1.807, 2.05) is 12.1 Å². The van der Waals surface area contributed by atoms with Gasteiger partial charge < -0.3 is 5.73 Å². The molecule has 0 saturated carbocycles. The lowest BCUT2D eigenvalue weighted by Gasteiger charge is -2.34. The highest BCUT2D eigenvalue weighted by Crippen LogP contribution is 2.13. The normalized spacial score (nSPS) is 17.8. The zero-order chi connectivity index (χ0) is 15.3. The number of hydrogen-bond acceptors (Lipinski definition) is 5. The molecular formula is C14H24N4O2S. The molecule has 3 N–H and O–H groups in total. The van der Waals surface area contributed by atoms with Crippen molar-refractivity contribution in [3.63, 3.8) is 0 Å². The van der Waals surface area contributed by atoms with Crippen molar-refractivity contribution in [3.05, 3.63) is 29.8 Å². The average Bonchev–Trinajstić information content (AvgIpc) is 2.42. The first-order valence-electron chi connectivity index (χ1n) is 7.18. The van der Waals surface area contributed by atoms with Gasteiger partial charge >= 0.3 is 0 Å². The van der Waals surface area contributed by atoms with Gasteiger partial charge in [-0.25, -0.2) is 8.42 Å². The lowest BCUT2D eigenvalue weighted by Crippen LogP contribution is -2.47. The first-order chi connectivity index (χ1) is 9.96. The van der Waals surface area contributed by atoms with E-state index in [2.05, 4.69) is 14.5 Å². The van der Waals surface area contributed by atoms with Crippen molar-refractivity contribution < 1.29 is 8.42 Å². The number of rotatable bonds is 6. The van der Waals surface area contributed by atoms with E-state index in [9.17, 15) is 8.42 Å². The minimum atomic E-state index is -3.21. The van der Waals surface area contributed by atoms with Crippen LogP contribution in [0, 0.1) is 0 Å². The monoisotopic (exact) mass is 312 g/mol. The fraction of sp³-hybridized carbons (Fsp3) is 0.571. The Balaban J connectivity index is 1.84. The molecule has 1 aromatic carbocycles. The quantitative estimate of drug-likeness (QED) is 0.781. The molecule has 1 aromatic rings. The Labute approximate surface area is 127 Å². The van der Waals surface area contributed by atoms with E-state index in [1.54, 1.807) is 12.1 Å². The van der Waals surface area contributed by atoms with E-state index in [1.165, 1.54) is 5.56 Å². The molecule has 1 aliphatic heterocycles. The first kappa shape index (κ1) is 16.2. The summed E-state index contributed by atoms with van der Waals surface area (Å²) >= 11 is 0. The van der Waals surface area contributed by atoms with Crippen LogP contribution in [0.15, 0.2) is 24.3 Å². The van der Waals surface area contributed by atoms with Gasteiger partial charge in [-0.3, -0.25) is 14.5 Å². The number of benzene rings is 1. The molecule has 0 radical (unpaired) electrons. The highest BCUT2D eigenvalue weighted by atomic mass is 32.2. The number of piperazine rings is 1. The van der Waals surface area contributed by atoms with E-state index in [4.69, 9.17) is 5.73 Å². The Kier molecular flexibility index (Phi) is 5.58. The van der Waals surface area contributed by atoms with Crippen molar-refractivity contribution in [1.29, 1.82) is 0 Å². The van der Waals surface area contributed by atoms with Crippen LogP contribution in [-0.4, -0.2) is 63.7 Å². The van der Waals surface area contributed by atoms with Gasteiger partial charge in [0.25, 0.3) is 0 Å². The van der Waals surface area contributed by atoms with Gasteiger partial charge in [0.05, 0.1) is 6.26 Å². The van der Waals surface area contributed by atoms with E-state index < -0.39 is 10.0 Å². The molecule has 1 aliphatic rings. The lowest BCUT2D eigenvalue weighted by molar-refractivity contribution is 0.130. The number of nitrogens with two attached hydrogens (primary N) is 1. The van der Waals surface area contributed by atoms with Crippen LogP contribution in [0.5, 0.6) is 0 Å². The third-order valence-corrected chi connectivity index (χ3v) is 4.18. The van der Waals surface area contributed by atoms with Gasteiger partial charge in [-0.1, -0.05) is 12.1 Å². The summed E-state index contributed by atoms with van der Waals surface area (Å²) in [5, 5.41) is 0. The zero-order valence-electron chi connectivity index (χ0n) is 12.5. The lowest BCUT2D eigenvalue weighted by atomic mass is 10.2. The highest BCUT2D eigenvalue weighted by Gasteiger charge is 2.16. The van der Waals surface area contributed by atoms with E-state index >= 15 is 0 Å². The SMILES string of the molecule is CS(=O)(=O)Nc1ccc(CN2CCN(CCN)CC2)cc1. The number of hydrogen-bond donors (Lipinski definition) is 2. The fourth-order valence-electron chi connectivity index (χ4n) is 2.50. The molecule has 118 valence electrons. The second kappa shape index (κ2) is 7.22. The van der Waals surface area contributed by atoms with Gasteiger partial charge in [0, 0.05) is 51.5 Å². The van der Waals surface area contributed by atoms with E-state index in [-0.39, 0.29) is 0 Å². The molecule has 1 fully saturated rings. The van der Waals surface area contributed by atoms with Crippen molar-refractivity contribution in [3.8, 4) is 0 Å². The number of anilines is 1. The predicted molar refractivity (Wildman–Crippen MR) is 85.7 cm³/mol. The Bertz CT molecular complexity index is 537.